The summed E-state index contributed by atoms with van der Waals surface area (Å²) < 4.78 is 0. The number of aromatic nitrogens is 1. The predicted octanol–water partition coefficient (Wildman–Crippen LogP) is 2.98. The molecule has 2 rings (SSSR count). The van der Waals surface area contributed by atoms with Crippen LogP contribution in [0.15, 0.2) is 18.2 Å². The van der Waals surface area contributed by atoms with E-state index in [2.05, 4.69) is 4.98 Å². The molecule has 0 unspecified atom stereocenters. The molecule has 0 radical (unpaired) electrons. The van der Waals surface area contributed by atoms with Crippen LogP contribution in [0, 0.1) is 0 Å². The number of hydrogen-bond donors (Lipinski definition) is 2. The highest BCUT2D eigenvalue weighted by atomic mass is 35.5. The molecule has 0 aliphatic heterocycles. The van der Waals surface area contributed by atoms with Crippen molar-refractivity contribution >= 4 is 34.1 Å². The van der Waals surface area contributed by atoms with Gasteiger partial charge >= 0.3 is 0 Å². The van der Waals surface area contributed by atoms with Gasteiger partial charge in [-0.1, -0.05) is 29.3 Å². The van der Waals surface area contributed by atoms with Crippen molar-refractivity contribution in [3.63, 3.8) is 0 Å². The van der Waals surface area contributed by atoms with E-state index >= 15 is 0 Å². The molecule has 0 bridgehead atoms. The van der Waals surface area contributed by atoms with Gasteiger partial charge in [0.2, 0.25) is 0 Å². The van der Waals surface area contributed by atoms with Crippen LogP contribution in [-0.4, -0.2) is 11.5 Å². The van der Waals surface area contributed by atoms with E-state index in [1.807, 2.05) is 18.2 Å². The highest BCUT2D eigenvalue weighted by molar-refractivity contribution is 6.42. The van der Waals surface area contributed by atoms with Gasteiger partial charge in [-0.3, -0.25) is 0 Å². The molecule has 74 valence electrons. The maximum atomic E-state index is 6.17. The van der Waals surface area contributed by atoms with Gasteiger partial charge in [-0.25, -0.2) is 0 Å². The maximum Gasteiger partial charge on any atom is 0.0707 e. The summed E-state index contributed by atoms with van der Waals surface area (Å²) in [5, 5.41) is 2.25. The Kier molecular flexibility index (Phi) is 2.68. The molecule has 3 N–H and O–H groups in total. The lowest BCUT2D eigenvalue weighted by Gasteiger charge is -1.94. The Morgan fingerprint density at radius 3 is 2.71 bits per heavy atom. The smallest absolute Gasteiger partial charge is 0.0707 e. The number of nitrogens with one attached hydrogen (secondary N) is 1. The number of H-pyrrole nitrogens is 1. The Balaban J connectivity index is 2.68. The summed E-state index contributed by atoms with van der Waals surface area (Å²) in [6.45, 7) is 0.574. The lowest BCUT2D eigenvalue weighted by Crippen LogP contribution is -2.02. The molecule has 1 heterocycles. The summed E-state index contributed by atoms with van der Waals surface area (Å²) in [4.78, 5) is 3.21. The van der Waals surface area contributed by atoms with Crippen molar-refractivity contribution < 1.29 is 0 Å². The van der Waals surface area contributed by atoms with Crippen LogP contribution in [0.25, 0.3) is 10.9 Å². The Morgan fingerprint density at radius 1 is 1.29 bits per heavy atom. The zero-order chi connectivity index (χ0) is 10.1. The largest absolute Gasteiger partial charge is 0.357 e. The normalized spacial score (nSPS) is 11.1. The minimum Gasteiger partial charge on any atom is -0.357 e. The second-order valence-electron chi connectivity index (χ2n) is 3.12. The standard InChI is InChI=1S/C10H10Cl2N2/c11-6-2-1-3-7-9(6)10(12)8(14-7)4-5-13/h1-3,14H,4-5,13H2. The van der Waals surface area contributed by atoms with Gasteiger partial charge in [-0.05, 0) is 18.7 Å². The van der Waals surface area contributed by atoms with Crippen LogP contribution in [-0.2, 0) is 6.42 Å². The summed E-state index contributed by atoms with van der Waals surface area (Å²) >= 11 is 12.2. The van der Waals surface area contributed by atoms with Gasteiger partial charge in [0.05, 0.1) is 10.0 Å². The van der Waals surface area contributed by atoms with E-state index < -0.39 is 0 Å². The fourth-order valence-corrected chi connectivity index (χ4v) is 2.20. The molecule has 0 fully saturated rings. The number of rotatable bonds is 2. The molecule has 1 aromatic heterocycles. The maximum absolute atomic E-state index is 6.17. The van der Waals surface area contributed by atoms with E-state index in [-0.39, 0.29) is 0 Å². The van der Waals surface area contributed by atoms with E-state index in [0.29, 0.717) is 16.6 Å². The second kappa shape index (κ2) is 3.81. The molecule has 0 aliphatic rings. The minimum absolute atomic E-state index is 0.574. The molecule has 2 nitrogen and oxygen atoms in total. The minimum atomic E-state index is 0.574. The summed E-state index contributed by atoms with van der Waals surface area (Å²) in [7, 11) is 0. The molecule has 2 aromatic rings. The van der Waals surface area contributed by atoms with E-state index in [0.717, 1.165) is 23.0 Å². The van der Waals surface area contributed by atoms with Gasteiger partial charge in [0.15, 0.2) is 0 Å². The van der Waals surface area contributed by atoms with Gasteiger partial charge in [0.25, 0.3) is 0 Å². The van der Waals surface area contributed by atoms with Gasteiger partial charge < -0.3 is 10.7 Å². The third kappa shape index (κ3) is 1.50. The number of hydrogen-bond acceptors (Lipinski definition) is 1. The van der Waals surface area contributed by atoms with E-state index in [1.54, 1.807) is 0 Å². The number of benzene rings is 1. The van der Waals surface area contributed by atoms with Gasteiger partial charge in [0.1, 0.15) is 0 Å². The lowest BCUT2D eigenvalue weighted by atomic mass is 10.2. The Bertz CT molecular complexity index is 462. The summed E-state index contributed by atoms with van der Waals surface area (Å²) in [6.07, 6.45) is 0.740. The van der Waals surface area contributed by atoms with Crippen molar-refractivity contribution in [3.8, 4) is 0 Å². The average molecular weight is 229 g/mol. The molecule has 0 aliphatic carbocycles. The summed E-state index contributed by atoms with van der Waals surface area (Å²) in [6, 6.07) is 5.67. The first-order valence-electron chi connectivity index (χ1n) is 4.38. The van der Waals surface area contributed by atoms with Crippen molar-refractivity contribution in [1.82, 2.24) is 4.98 Å². The first-order chi connectivity index (χ1) is 6.74. The van der Waals surface area contributed by atoms with Crippen molar-refractivity contribution in [1.29, 1.82) is 0 Å². The molecule has 0 spiro atoms. The van der Waals surface area contributed by atoms with Crippen LogP contribution in [0.1, 0.15) is 5.69 Å². The topological polar surface area (TPSA) is 41.8 Å². The molecular weight excluding hydrogens is 219 g/mol. The van der Waals surface area contributed by atoms with Gasteiger partial charge in [-0.2, -0.15) is 0 Å². The molecular formula is C10H10Cl2N2. The van der Waals surface area contributed by atoms with Crippen molar-refractivity contribution in [3.05, 3.63) is 33.9 Å². The van der Waals surface area contributed by atoms with E-state index in [9.17, 15) is 0 Å². The number of nitrogens with two attached hydrogens (primary N) is 1. The number of halogens is 2. The van der Waals surface area contributed by atoms with Crippen LogP contribution in [0.3, 0.4) is 0 Å². The molecule has 1 aromatic carbocycles. The fraction of sp³-hybridized carbons (Fsp3) is 0.200. The van der Waals surface area contributed by atoms with Crippen LogP contribution in [0.2, 0.25) is 10.0 Å². The van der Waals surface area contributed by atoms with Crippen molar-refractivity contribution in [2.75, 3.05) is 6.54 Å². The zero-order valence-corrected chi connectivity index (χ0v) is 8.99. The van der Waals surface area contributed by atoms with Gasteiger partial charge in [-0.15, -0.1) is 0 Å². The first kappa shape index (κ1) is 9.84. The monoisotopic (exact) mass is 228 g/mol. The molecule has 4 heteroatoms. The molecule has 0 atom stereocenters. The molecule has 0 saturated heterocycles. The summed E-state index contributed by atoms with van der Waals surface area (Å²) in [5.74, 6) is 0. The average Bonchev–Trinajstić information content (AvgIpc) is 2.46. The summed E-state index contributed by atoms with van der Waals surface area (Å²) in [5.41, 5.74) is 7.40. The first-order valence-corrected chi connectivity index (χ1v) is 5.14. The third-order valence-corrected chi connectivity index (χ3v) is 2.91. The highest BCUT2D eigenvalue weighted by Crippen LogP contribution is 2.32. The SMILES string of the molecule is NCCc1[nH]c2cccc(Cl)c2c1Cl. The quantitative estimate of drug-likeness (QED) is 0.816. The highest BCUT2D eigenvalue weighted by Gasteiger charge is 2.10. The zero-order valence-electron chi connectivity index (χ0n) is 7.48. The lowest BCUT2D eigenvalue weighted by molar-refractivity contribution is 0.940. The fourth-order valence-electron chi connectivity index (χ4n) is 1.54. The molecule has 0 saturated carbocycles. The Labute approximate surface area is 92.0 Å². The number of aromatic amines is 1. The van der Waals surface area contributed by atoms with E-state index in [4.69, 9.17) is 28.9 Å². The number of fused-ring (bicyclic) bond motifs is 1. The Hall–Kier alpha value is -0.700. The third-order valence-electron chi connectivity index (χ3n) is 2.18. The molecule has 14 heavy (non-hydrogen) atoms. The van der Waals surface area contributed by atoms with Crippen molar-refractivity contribution in [2.24, 2.45) is 5.73 Å². The van der Waals surface area contributed by atoms with Crippen LogP contribution >= 0.6 is 23.2 Å². The van der Waals surface area contributed by atoms with E-state index in [1.165, 1.54) is 0 Å². The van der Waals surface area contributed by atoms with Crippen LogP contribution < -0.4 is 5.73 Å². The predicted molar refractivity (Wildman–Crippen MR) is 61.1 cm³/mol. The molecule has 0 amide bonds. The van der Waals surface area contributed by atoms with Crippen LogP contribution in [0.5, 0.6) is 0 Å². The Morgan fingerprint density at radius 2 is 2.07 bits per heavy atom. The van der Waals surface area contributed by atoms with Crippen LogP contribution in [0.4, 0.5) is 0 Å². The van der Waals surface area contributed by atoms with Gasteiger partial charge in [0, 0.05) is 23.0 Å². The second-order valence-corrected chi connectivity index (χ2v) is 3.90. The van der Waals surface area contributed by atoms with Crippen molar-refractivity contribution in [2.45, 2.75) is 6.42 Å².